The highest BCUT2D eigenvalue weighted by Crippen LogP contribution is 2.31. The second kappa shape index (κ2) is 8.31. The first-order valence-corrected chi connectivity index (χ1v) is 9.24. The molecule has 0 saturated carbocycles. The van der Waals surface area contributed by atoms with Gasteiger partial charge in [0.1, 0.15) is 11.4 Å². The van der Waals surface area contributed by atoms with E-state index in [1.165, 1.54) is 11.3 Å². The number of thiazole rings is 1. The van der Waals surface area contributed by atoms with Crippen LogP contribution in [0.25, 0.3) is 0 Å². The van der Waals surface area contributed by atoms with Crippen LogP contribution < -0.4 is 5.32 Å². The molecule has 0 amide bonds. The Hall–Kier alpha value is -2.41. The van der Waals surface area contributed by atoms with Gasteiger partial charge in [0, 0.05) is 17.5 Å². The molecule has 0 aliphatic heterocycles. The minimum atomic E-state index is -0.922. The molecule has 0 fully saturated rings. The van der Waals surface area contributed by atoms with Gasteiger partial charge in [0.25, 0.3) is 0 Å². The lowest BCUT2D eigenvalue weighted by atomic mass is 9.98. The fourth-order valence-corrected chi connectivity index (χ4v) is 3.34. The number of esters is 1. The number of nitrogens with one attached hydrogen (secondary N) is 1. The number of nitrogens with zero attached hydrogens (tertiary/aromatic N) is 1. The fourth-order valence-electron chi connectivity index (χ4n) is 2.31. The molecule has 6 nitrogen and oxygen atoms in total. The molecule has 1 aromatic carbocycles. The Morgan fingerprint density at radius 3 is 2.65 bits per heavy atom. The van der Waals surface area contributed by atoms with Crippen molar-refractivity contribution in [2.45, 2.75) is 39.5 Å². The predicted molar refractivity (Wildman–Crippen MR) is 102 cm³/mol. The summed E-state index contributed by atoms with van der Waals surface area (Å²) in [7, 11) is 0. The van der Waals surface area contributed by atoms with Gasteiger partial charge in [-0.3, -0.25) is 4.79 Å². The average molecular weight is 376 g/mol. The quantitative estimate of drug-likeness (QED) is 0.716. The largest absolute Gasteiger partial charge is 0.480 e. The molecule has 0 aliphatic carbocycles. The van der Waals surface area contributed by atoms with Crippen LogP contribution in [0.5, 0.6) is 0 Å². The van der Waals surface area contributed by atoms with Gasteiger partial charge in [-0.25, -0.2) is 9.78 Å². The maximum absolute atomic E-state index is 12.3. The molecule has 1 heterocycles. The Kier molecular flexibility index (Phi) is 6.37. The first-order chi connectivity index (χ1) is 12.2. The molecule has 0 unspecified atom stereocenters. The normalized spacial score (nSPS) is 11.2. The molecule has 0 saturated heterocycles. The van der Waals surface area contributed by atoms with Crippen LogP contribution in [0.15, 0.2) is 24.3 Å². The molecule has 1 aromatic heterocycles. The summed E-state index contributed by atoms with van der Waals surface area (Å²) in [5, 5.41) is 12.5. The van der Waals surface area contributed by atoms with Gasteiger partial charge in [0.2, 0.25) is 0 Å². The molecule has 0 atom stereocenters. The van der Waals surface area contributed by atoms with Gasteiger partial charge < -0.3 is 15.2 Å². The molecule has 2 rings (SSSR count). The van der Waals surface area contributed by atoms with Crippen LogP contribution in [0.4, 0.5) is 5.69 Å². The van der Waals surface area contributed by atoms with Crippen molar-refractivity contribution in [3.05, 3.63) is 45.4 Å². The van der Waals surface area contributed by atoms with Crippen molar-refractivity contribution in [1.82, 2.24) is 4.98 Å². The Balaban J connectivity index is 2.30. The third-order valence-corrected chi connectivity index (χ3v) is 5.05. The predicted octanol–water partition coefficient (Wildman–Crippen LogP) is 3.70. The van der Waals surface area contributed by atoms with Gasteiger partial charge in [-0.05, 0) is 24.6 Å². The van der Waals surface area contributed by atoms with Crippen LogP contribution in [0.2, 0.25) is 0 Å². The van der Waals surface area contributed by atoms with E-state index < -0.39 is 5.97 Å². The zero-order valence-electron chi connectivity index (χ0n) is 15.5. The number of carbonyl (C=O) groups excluding carboxylic acids is 1. The summed E-state index contributed by atoms with van der Waals surface area (Å²) in [5.74, 6) is -1.27. The molecule has 0 bridgehead atoms. The number of carboxylic acids is 1. The van der Waals surface area contributed by atoms with Crippen LogP contribution in [-0.4, -0.2) is 35.2 Å². The van der Waals surface area contributed by atoms with Crippen LogP contribution in [0.3, 0.4) is 0 Å². The minimum absolute atomic E-state index is 0.150. The van der Waals surface area contributed by atoms with Crippen LogP contribution in [-0.2, 0) is 21.4 Å². The summed E-state index contributed by atoms with van der Waals surface area (Å²) >= 11 is 1.37. The van der Waals surface area contributed by atoms with E-state index in [1.54, 1.807) is 13.0 Å². The lowest BCUT2D eigenvalue weighted by molar-refractivity contribution is -0.134. The summed E-state index contributed by atoms with van der Waals surface area (Å²) in [6.07, 6.45) is 0.476. The van der Waals surface area contributed by atoms with E-state index in [1.807, 2.05) is 18.2 Å². The third kappa shape index (κ3) is 5.29. The number of aromatic nitrogens is 1. The van der Waals surface area contributed by atoms with E-state index >= 15 is 0 Å². The Morgan fingerprint density at radius 2 is 2.04 bits per heavy atom. The van der Waals surface area contributed by atoms with E-state index in [0.717, 1.165) is 10.6 Å². The Bertz CT molecular complexity index is 793. The maximum Gasteiger partial charge on any atom is 0.350 e. The molecule has 26 heavy (non-hydrogen) atoms. The number of hydrogen-bond acceptors (Lipinski definition) is 6. The summed E-state index contributed by atoms with van der Waals surface area (Å²) in [6, 6.07) is 7.45. The van der Waals surface area contributed by atoms with Gasteiger partial charge in [-0.15, -0.1) is 11.3 Å². The van der Waals surface area contributed by atoms with Crippen LogP contribution >= 0.6 is 11.3 Å². The maximum atomic E-state index is 12.3. The van der Waals surface area contributed by atoms with E-state index in [2.05, 4.69) is 31.1 Å². The summed E-state index contributed by atoms with van der Waals surface area (Å²) in [5.41, 5.74) is 2.19. The van der Waals surface area contributed by atoms with Gasteiger partial charge in [-0.1, -0.05) is 32.9 Å². The van der Waals surface area contributed by atoms with Crippen molar-refractivity contribution >= 4 is 29.0 Å². The minimum Gasteiger partial charge on any atom is -0.480 e. The van der Waals surface area contributed by atoms with E-state index in [-0.39, 0.29) is 17.9 Å². The topological polar surface area (TPSA) is 88.5 Å². The lowest BCUT2D eigenvalue weighted by Crippen LogP contribution is -2.12. The number of benzene rings is 1. The molecular weight excluding hydrogens is 352 g/mol. The van der Waals surface area contributed by atoms with E-state index in [0.29, 0.717) is 29.3 Å². The van der Waals surface area contributed by atoms with Crippen LogP contribution in [0, 0.1) is 0 Å². The molecule has 7 heteroatoms. The molecular formula is C19H24N2O4S. The Labute approximate surface area is 157 Å². The van der Waals surface area contributed by atoms with Crippen molar-refractivity contribution < 1.29 is 19.4 Å². The number of carbonyl (C=O) groups is 2. The molecule has 2 N–H and O–H groups in total. The van der Waals surface area contributed by atoms with Crippen LogP contribution in [0.1, 0.15) is 53.6 Å². The summed E-state index contributed by atoms with van der Waals surface area (Å²) in [6.45, 7) is 8.11. The average Bonchev–Trinajstić information content (AvgIpc) is 2.98. The number of ether oxygens (including phenoxy) is 1. The standard InChI is InChI=1S/C19H24N2O4S/c1-5-25-17(24)16-14(21-18(26-16)19(2,3)4)10-12-7-6-8-13(9-12)20-11-15(22)23/h6-9,20H,5,10-11H2,1-4H3,(H,22,23). The van der Waals surface area contributed by atoms with Gasteiger partial charge in [0.15, 0.2) is 0 Å². The number of anilines is 1. The lowest BCUT2D eigenvalue weighted by Gasteiger charge is -2.13. The van der Waals surface area contributed by atoms with Gasteiger partial charge in [-0.2, -0.15) is 0 Å². The summed E-state index contributed by atoms with van der Waals surface area (Å²) in [4.78, 5) is 28.2. The fraction of sp³-hybridized carbons (Fsp3) is 0.421. The molecule has 0 radical (unpaired) electrons. The van der Waals surface area contributed by atoms with Crippen molar-refractivity contribution in [2.24, 2.45) is 0 Å². The van der Waals surface area contributed by atoms with Crippen molar-refractivity contribution in [3.63, 3.8) is 0 Å². The SMILES string of the molecule is CCOC(=O)c1sc(C(C)(C)C)nc1Cc1cccc(NCC(=O)O)c1. The monoisotopic (exact) mass is 376 g/mol. The van der Waals surface area contributed by atoms with Crippen molar-refractivity contribution in [1.29, 1.82) is 0 Å². The Morgan fingerprint density at radius 1 is 1.31 bits per heavy atom. The molecule has 0 aliphatic rings. The zero-order valence-corrected chi connectivity index (χ0v) is 16.3. The third-order valence-electron chi connectivity index (χ3n) is 3.54. The number of hydrogen-bond donors (Lipinski definition) is 2. The second-order valence-corrected chi connectivity index (χ2v) is 7.89. The first-order valence-electron chi connectivity index (χ1n) is 8.42. The second-order valence-electron chi connectivity index (χ2n) is 6.89. The van der Waals surface area contributed by atoms with E-state index in [9.17, 15) is 9.59 Å². The highest BCUT2D eigenvalue weighted by molar-refractivity contribution is 7.13. The molecule has 2 aromatic rings. The van der Waals surface area contributed by atoms with Crippen molar-refractivity contribution in [3.8, 4) is 0 Å². The number of rotatable bonds is 7. The smallest absolute Gasteiger partial charge is 0.350 e. The number of carboxylic acid groups (broad SMARTS) is 1. The summed E-state index contributed by atoms with van der Waals surface area (Å²) < 4.78 is 5.17. The highest BCUT2D eigenvalue weighted by atomic mass is 32.1. The molecule has 0 spiro atoms. The molecule has 140 valence electrons. The van der Waals surface area contributed by atoms with Gasteiger partial charge >= 0.3 is 11.9 Å². The van der Waals surface area contributed by atoms with E-state index in [4.69, 9.17) is 9.84 Å². The highest BCUT2D eigenvalue weighted by Gasteiger charge is 2.25. The van der Waals surface area contributed by atoms with Gasteiger partial charge in [0.05, 0.1) is 17.3 Å². The van der Waals surface area contributed by atoms with Crippen molar-refractivity contribution in [2.75, 3.05) is 18.5 Å². The zero-order chi connectivity index (χ0) is 19.3. The first kappa shape index (κ1) is 19.9. The number of aliphatic carboxylic acids is 1.